The average Bonchev–Trinajstić information content (AvgIpc) is 3.21. The van der Waals surface area contributed by atoms with Crippen molar-refractivity contribution < 1.29 is 4.79 Å². The number of carbonyl (C=O) groups is 1. The number of nitrogens with zero attached hydrogens (tertiary/aromatic N) is 5. The van der Waals surface area contributed by atoms with Gasteiger partial charge in [-0.05, 0) is 24.1 Å². The van der Waals surface area contributed by atoms with Crippen molar-refractivity contribution in [2.45, 2.75) is 26.4 Å². The van der Waals surface area contributed by atoms with Gasteiger partial charge in [-0.2, -0.15) is 9.78 Å². The molecule has 0 aliphatic carbocycles. The molecule has 0 bridgehead atoms. The molecular formula is C27H29N5O2. The number of amides is 1. The van der Waals surface area contributed by atoms with Gasteiger partial charge in [0.15, 0.2) is 0 Å². The molecule has 1 fully saturated rings. The number of hydrogen-bond acceptors (Lipinski definition) is 4. The van der Waals surface area contributed by atoms with Gasteiger partial charge in [-0.25, -0.2) is 0 Å². The Morgan fingerprint density at radius 2 is 1.59 bits per heavy atom. The Balaban J connectivity index is 1.42. The van der Waals surface area contributed by atoms with Crippen molar-refractivity contribution in [2.75, 3.05) is 26.2 Å². The van der Waals surface area contributed by atoms with Gasteiger partial charge >= 0.3 is 0 Å². The Hall–Kier alpha value is -3.71. The third-order valence-corrected chi connectivity index (χ3v) is 6.34. The van der Waals surface area contributed by atoms with E-state index in [9.17, 15) is 9.59 Å². The molecule has 34 heavy (non-hydrogen) atoms. The van der Waals surface area contributed by atoms with E-state index in [4.69, 9.17) is 0 Å². The lowest BCUT2D eigenvalue weighted by Gasteiger charge is -2.35. The summed E-state index contributed by atoms with van der Waals surface area (Å²) < 4.78 is 3.34. The summed E-state index contributed by atoms with van der Waals surface area (Å²) in [6, 6.07) is 19.8. The number of hydrogen-bond donors (Lipinski definition) is 0. The van der Waals surface area contributed by atoms with Crippen LogP contribution in [0.4, 0.5) is 0 Å². The fourth-order valence-electron chi connectivity index (χ4n) is 4.57. The highest BCUT2D eigenvalue weighted by atomic mass is 16.2. The lowest BCUT2D eigenvalue weighted by molar-refractivity contribution is 0.0628. The van der Waals surface area contributed by atoms with Crippen LogP contribution in [0.25, 0.3) is 16.9 Å². The zero-order valence-corrected chi connectivity index (χ0v) is 19.4. The first kappa shape index (κ1) is 22.1. The second-order valence-electron chi connectivity index (χ2n) is 8.78. The van der Waals surface area contributed by atoms with Gasteiger partial charge in [0, 0.05) is 51.7 Å². The first-order chi connectivity index (χ1) is 16.6. The van der Waals surface area contributed by atoms with Gasteiger partial charge in [0.05, 0.1) is 16.8 Å². The average molecular weight is 456 g/mol. The van der Waals surface area contributed by atoms with Gasteiger partial charge in [-0.1, -0.05) is 55.5 Å². The number of rotatable bonds is 6. The van der Waals surface area contributed by atoms with Crippen LogP contribution in [-0.4, -0.2) is 56.2 Å². The molecule has 7 heteroatoms. The molecule has 3 heterocycles. The minimum Gasteiger partial charge on any atom is -0.353 e. The van der Waals surface area contributed by atoms with E-state index in [1.165, 1.54) is 10.2 Å². The zero-order chi connectivity index (χ0) is 23.5. The molecule has 0 unspecified atom stereocenters. The van der Waals surface area contributed by atoms with Gasteiger partial charge in [0.25, 0.3) is 11.5 Å². The first-order valence-electron chi connectivity index (χ1n) is 11.9. The normalized spacial score (nSPS) is 14.6. The highest BCUT2D eigenvalue weighted by Gasteiger charge is 2.29. The Kier molecular flexibility index (Phi) is 6.27. The Labute approximate surface area is 199 Å². The third-order valence-electron chi connectivity index (χ3n) is 6.34. The van der Waals surface area contributed by atoms with E-state index >= 15 is 0 Å². The van der Waals surface area contributed by atoms with Gasteiger partial charge in [-0.3, -0.25) is 14.5 Å². The van der Waals surface area contributed by atoms with Crippen molar-refractivity contribution in [3.63, 3.8) is 0 Å². The van der Waals surface area contributed by atoms with E-state index in [1.54, 1.807) is 0 Å². The molecule has 3 aliphatic heterocycles. The van der Waals surface area contributed by atoms with Crippen LogP contribution >= 0.6 is 0 Å². The molecule has 0 aromatic heterocycles. The summed E-state index contributed by atoms with van der Waals surface area (Å²) in [5.41, 5.74) is 3.21. The van der Waals surface area contributed by atoms with Gasteiger partial charge in [0.1, 0.15) is 5.69 Å². The zero-order valence-electron chi connectivity index (χ0n) is 19.4. The first-order valence-corrected chi connectivity index (χ1v) is 11.9. The number of fused-ring (bicyclic) bond motifs is 1. The SMILES string of the molecule is CCCn1cc(C(=O)N2CCN(Cc3ccccc3)CC2)c2nn(-c3ccccc3)c(=O)c-2c1. The van der Waals surface area contributed by atoms with Gasteiger partial charge in [-0.15, -0.1) is 0 Å². The molecule has 0 N–H and O–H groups in total. The minimum absolute atomic E-state index is 0.0625. The smallest absolute Gasteiger partial charge is 0.282 e. The van der Waals surface area contributed by atoms with Crippen molar-refractivity contribution in [3.05, 3.63) is 94.5 Å². The minimum atomic E-state index is -0.201. The van der Waals surface area contributed by atoms with Crippen LogP contribution in [-0.2, 0) is 13.1 Å². The van der Waals surface area contributed by atoms with E-state index in [-0.39, 0.29) is 11.5 Å². The molecule has 174 valence electrons. The lowest BCUT2D eigenvalue weighted by atomic mass is 10.1. The van der Waals surface area contributed by atoms with Crippen LogP contribution in [0.15, 0.2) is 77.9 Å². The van der Waals surface area contributed by atoms with E-state index < -0.39 is 0 Å². The molecule has 0 radical (unpaired) electrons. The highest BCUT2D eigenvalue weighted by Crippen LogP contribution is 2.24. The molecule has 0 saturated carbocycles. The van der Waals surface area contributed by atoms with Crippen LogP contribution in [0.3, 0.4) is 0 Å². The van der Waals surface area contributed by atoms with Crippen LogP contribution in [0, 0.1) is 0 Å². The maximum Gasteiger partial charge on any atom is 0.282 e. The maximum absolute atomic E-state index is 13.6. The van der Waals surface area contributed by atoms with Crippen molar-refractivity contribution in [1.82, 2.24) is 24.1 Å². The molecule has 3 aliphatic rings. The predicted molar refractivity (Wildman–Crippen MR) is 132 cm³/mol. The van der Waals surface area contributed by atoms with Crippen LogP contribution in [0.5, 0.6) is 0 Å². The maximum atomic E-state index is 13.6. The molecule has 5 rings (SSSR count). The summed E-state index contributed by atoms with van der Waals surface area (Å²) in [4.78, 5) is 31.1. The largest absolute Gasteiger partial charge is 0.353 e. The number of para-hydroxylation sites is 1. The summed E-state index contributed by atoms with van der Waals surface area (Å²) in [5.74, 6) is -0.0625. The molecule has 1 saturated heterocycles. The molecular weight excluding hydrogens is 426 g/mol. The second-order valence-corrected chi connectivity index (χ2v) is 8.78. The Bertz CT molecular complexity index is 1290. The van der Waals surface area contributed by atoms with E-state index in [2.05, 4.69) is 41.2 Å². The number of pyridine rings is 1. The van der Waals surface area contributed by atoms with Gasteiger partial charge in [0.2, 0.25) is 0 Å². The molecule has 1 amide bonds. The van der Waals surface area contributed by atoms with E-state index in [0.29, 0.717) is 35.6 Å². The number of benzene rings is 2. The van der Waals surface area contributed by atoms with Crippen LogP contribution in [0.2, 0.25) is 0 Å². The van der Waals surface area contributed by atoms with Crippen molar-refractivity contribution >= 4 is 5.91 Å². The fraction of sp³-hybridized carbons (Fsp3) is 0.296. The Morgan fingerprint density at radius 3 is 2.26 bits per heavy atom. The molecule has 7 nitrogen and oxygen atoms in total. The topological polar surface area (TPSA) is 63.4 Å². The molecule has 2 aromatic rings. The predicted octanol–water partition coefficient (Wildman–Crippen LogP) is 3.51. The van der Waals surface area contributed by atoms with E-state index in [0.717, 1.165) is 32.6 Å². The number of aromatic nitrogens is 3. The number of carbonyl (C=O) groups excluding carboxylic acids is 1. The van der Waals surface area contributed by atoms with Gasteiger partial charge < -0.3 is 9.47 Å². The quantitative estimate of drug-likeness (QED) is 0.446. The summed E-state index contributed by atoms with van der Waals surface area (Å²) in [6.07, 6.45) is 4.58. The van der Waals surface area contributed by atoms with Crippen molar-refractivity contribution in [1.29, 1.82) is 0 Å². The summed E-state index contributed by atoms with van der Waals surface area (Å²) >= 11 is 0. The van der Waals surface area contributed by atoms with E-state index in [1.807, 2.05) is 58.3 Å². The van der Waals surface area contributed by atoms with Crippen molar-refractivity contribution in [3.8, 4) is 16.9 Å². The highest BCUT2D eigenvalue weighted by molar-refractivity contribution is 6.00. The summed E-state index contributed by atoms with van der Waals surface area (Å²) in [5, 5.41) is 4.60. The Morgan fingerprint density at radius 1 is 0.912 bits per heavy atom. The van der Waals surface area contributed by atoms with Crippen LogP contribution in [0.1, 0.15) is 29.3 Å². The van der Waals surface area contributed by atoms with Crippen LogP contribution < -0.4 is 5.56 Å². The molecule has 0 atom stereocenters. The third kappa shape index (κ3) is 4.39. The molecule has 0 spiro atoms. The lowest BCUT2D eigenvalue weighted by Crippen LogP contribution is -2.48. The summed E-state index contributed by atoms with van der Waals surface area (Å²) in [6.45, 7) is 6.63. The summed E-state index contributed by atoms with van der Waals surface area (Å²) in [7, 11) is 0. The van der Waals surface area contributed by atoms with Crippen molar-refractivity contribution in [2.24, 2.45) is 0 Å². The monoisotopic (exact) mass is 455 g/mol. The fourth-order valence-corrected chi connectivity index (χ4v) is 4.57. The standard InChI is InChI=1S/C27H29N5O2/c1-2-13-30-19-23(25-24(20-30)27(34)32(28-25)22-11-7-4-8-12-22)26(33)31-16-14-29(15-17-31)18-21-9-5-3-6-10-21/h3-12,19-20H,2,13-18H2,1H3. The number of aryl methyl sites for hydroxylation is 1. The number of piperazine rings is 1. The second kappa shape index (κ2) is 9.65. The molecule has 2 aromatic carbocycles.